The molecule has 1 aliphatic rings. The van der Waals surface area contributed by atoms with Crippen molar-refractivity contribution in [1.29, 1.82) is 0 Å². The Morgan fingerprint density at radius 1 is 0.667 bits per heavy atom. The summed E-state index contributed by atoms with van der Waals surface area (Å²) in [5.41, 5.74) is 15.1. The quantitative estimate of drug-likeness (QED) is 0.414. The summed E-state index contributed by atoms with van der Waals surface area (Å²) < 4.78 is 0. The number of nitrogens with two attached hydrogens (primary N) is 2. The van der Waals surface area contributed by atoms with E-state index < -0.39 is 0 Å². The van der Waals surface area contributed by atoms with Crippen molar-refractivity contribution in [2.75, 3.05) is 76.5 Å². The number of hydrogen-bond acceptors (Lipinski definition) is 8. The van der Waals surface area contributed by atoms with Crippen LogP contribution in [0.5, 0.6) is 0 Å². The Morgan fingerprint density at radius 3 is 1.37 bits per heavy atom. The van der Waals surface area contributed by atoms with Crippen LogP contribution in [0.3, 0.4) is 0 Å². The lowest BCUT2D eigenvalue weighted by molar-refractivity contribution is 0.0981. The number of anilines is 4. The molecule has 0 heterocycles. The van der Waals surface area contributed by atoms with Crippen molar-refractivity contribution in [3.05, 3.63) is 46.5 Å². The van der Waals surface area contributed by atoms with Crippen molar-refractivity contribution >= 4 is 34.3 Å². The van der Waals surface area contributed by atoms with Gasteiger partial charge in [0.1, 0.15) is 0 Å². The van der Waals surface area contributed by atoms with Crippen molar-refractivity contribution in [2.24, 2.45) is 0 Å². The molecule has 3 rings (SSSR count). The molecule has 0 unspecified atom stereocenters. The zero-order chi connectivity index (χ0) is 22.0. The van der Waals surface area contributed by atoms with Gasteiger partial charge in [0, 0.05) is 48.9 Å². The van der Waals surface area contributed by atoms with Crippen molar-refractivity contribution in [1.82, 2.24) is 9.80 Å². The molecule has 30 heavy (non-hydrogen) atoms. The van der Waals surface area contributed by atoms with Crippen LogP contribution in [0.25, 0.3) is 0 Å². The number of nitrogen functional groups attached to an aromatic ring is 2. The molecule has 0 bridgehead atoms. The average Bonchev–Trinajstić information content (AvgIpc) is 2.67. The monoisotopic (exact) mass is 410 g/mol. The van der Waals surface area contributed by atoms with E-state index in [9.17, 15) is 9.59 Å². The van der Waals surface area contributed by atoms with E-state index in [4.69, 9.17) is 11.5 Å². The van der Waals surface area contributed by atoms with Gasteiger partial charge in [0.25, 0.3) is 0 Å². The molecule has 0 radical (unpaired) electrons. The maximum absolute atomic E-state index is 13.5. The van der Waals surface area contributed by atoms with Gasteiger partial charge in [-0.3, -0.25) is 9.59 Å². The smallest absolute Gasteiger partial charge is 0.198 e. The van der Waals surface area contributed by atoms with Crippen LogP contribution in [0.2, 0.25) is 0 Å². The summed E-state index contributed by atoms with van der Waals surface area (Å²) in [6.07, 6.45) is 0. The molecule has 2 aromatic rings. The molecule has 0 atom stereocenters. The van der Waals surface area contributed by atoms with E-state index in [1.807, 2.05) is 38.0 Å². The standard InChI is InChI=1S/C22H30N6O2/c1-27(2)11-9-25-15-7-5-13(23)17-19(15)21(29)18-14(24)6-8-16(20(18)22(17)30)26-10-12-28(3)4/h5-8,25-26H,9-12,23-24H2,1-4H3. The van der Waals surface area contributed by atoms with Gasteiger partial charge >= 0.3 is 0 Å². The Kier molecular flexibility index (Phi) is 6.28. The summed E-state index contributed by atoms with van der Waals surface area (Å²) in [7, 11) is 7.88. The largest absolute Gasteiger partial charge is 0.398 e. The van der Waals surface area contributed by atoms with E-state index in [0.717, 1.165) is 13.1 Å². The van der Waals surface area contributed by atoms with E-state index in [2.05, 4.69) is 10.6 Å². The van der Waals surface area contributed by atoms with E-state index in [1.54, 1.807) is 24.3 Å². The fourth-order valence-corrected chi connectivity index (χ4v) is 3.57. The van der Waals surface area contributed by atoms with Crippen molar-refractivity contribution in [3.8, 4) is 0 Å². The van der Waals surface area contributed by atoms with Gasteiger partial charge in [0.2, 0.25) is 0 Å². The molecule has 6 N–H and O–H groups in total. The highest BCUT2D eigenvalue weighted by molar-refractivity contribution is 6.34. The van der Waals surface area contributed by atoms with Crippen LogP contribution in [0.1, 0.15) is 31.8 Å². The average molecular weight is 411 g/mol. The van der Waals surface area contributed by atoms with Gasteiger partial charge in [0.15, 0.2) is 11.6 Å². The summed E-state index contributed by atoms with van der Waals surface area (Å²) in [6.45, 7) is 2.80. The van der Waals surface area contributed by atoms with Gasteiger partial charge in [-0.2, -0.15) is 0 Å². The molecule has 0 aliphatic heterocycles. The number of carbonyl (C=O) groups is 2. The number of benzene rings is 2. The number of carbonyl (C=O) groups excluding carboxylic acids is 2. The lowest BCUT2D eigenvalue weighted by Gasteiger charge is -2.25. The molecular weight excluding hydrogens is 380 g/mol. The second-order valence-corrected chi connectivity index (χ2v) is 8.02. The van der Waals surface area contributed by atoms with E-state index in [1.165, 1.54) is 0 Å². The molecule has 8 nitrogen and oxygen atoms in total. The molecule has 1 aliphatic carbocycles. The lowest BCUT2D eigenvalue weighted by Crippen LogP contribution is -2.28. The fraction of sp³-hybridized carbons (Fsp3) is 0.364. The first-order chi connectivity index (χ1) is 14.2. The van der Waals surface area contributed by atoms with Crippen LogP contribution in [0.4, 0.5) is 22.7 Å². The predicted molar refractivity (Wildman–Crippen MR) is 123 cm³/mol. The first-order valence-corrected chi connectivity index (χ1v) is 9.94. The normalized spacial score (nSPS) is 12.9. The van der Waals surface area contributed by atoms with Crippen LogP contribution in [-0.2, 0) is 0 Å². The fourth-order valence-electron chi connectivity index (χ4n) is 3.57. The Bertz CT molecular complexity index is 905. The Balaban J connectivity index is 2.06. The molecule has 160 valence electrons. The number of fused-ring (bicyclic) bond motifs is 2. The van der Waals surface area contributed by atoms with Gasteiger partial charge < -0.3 is 31.9 Å². The van der Waals surface area contributed by atoms with Crippen LogP contribution in [-0.4, -0.2) is 75.7 Å². The second-order valence-electron chi connectivity index (χ2n) is 8.02. The molecule has 0 spiro atoms. The van der Waals surface area contributed by atoms with Gasteiger partial charge in [-0.25, -0.2) is 0 Å². The van der Waals surface area contributed by atoms with Crippen LogP contribution >= 0.6 is 0 Å². The highest BCUT2D eigenvalue weighted by Crippen LogP contribution is 2.40. The zero-order valence-corrected chi connectivity index (χ0v) is 18.0. The van der Waals surface area contributed by atoms with E-state index in [-0.39, 0.29) is 34.1 Å². The third kappa shape index (κ3) is 4.10. The van der Waals surface area contributed by atoms with Crippen LogP contribution in [0, 0.1) is 0 Å². The SMILES string of the molecule is CN(C)CCNc1ccc(N)c2c1C(=O)c1c(N)ccc(NCCN(C)C)c1C2=O. The zero-order valence-electron chi connectivity index (χ0n) is 18.0. The Hall–Kier alpha value is -3.10. The van der Waals surface area contributed by atoms with Crippen molar-refractivity contribution < 1.29 is 9.59 Å². The summed E-state index contributed by atoms with van der Waals surface area (Å²) in [5.74, 6) is -0.568. The maximum atomic E-state index is 13.5. The lowest BCUT2D eigenvalue weighted by atomic mass is 9.80. The predicted octanol–water partition coefficient (Wildman–Crippen LogP) is 1.57. The highest BCUT2D eigenvalue weighted by Gasteiger charge is 2.36. The molecule has 0 saturated carbocycles. The van der Waals surface area contributed by atoms with Gasteiger partial charge in [-0.15, -0.1) is 0 Å². The minimum atomic E-state index is -0.284. The summed E-state index contributed by atoms with van der Waals surface area (Å²) in [6, 6.07) is 6.82. The first kappa shape index (κ1) is 21.6. The number of rotatable bonds is 8. The van der Waals surface area contributed by atoms with E-state index >= 15 is 0 Å². The third-order valence-corrected chi connectivity index (χ3v) is 5.13. The Morgan fingerprint density at radius 2 is 1.03 bits per heavy atom. The highest BCUT2D eigenvalue weighted by atomic mass is 16.1. The molecule has 8 heteroatoms. The van der Waals surface area contributed by atoms with E-state index in [0.29, 0.717) is 35.6 Å². The molecular formula is C22H30N6O2. The van der Waals surface area contributed by atoms with Crippen molar-refractivity contribution in [3.63, 3.8) is 0 Å². The minimum absolute atomic E-state index is 0.239. The molecule has 0 aromatic heterocycles. The summed E-state index contributed by atoms with van der Waals surface area (Å²) in [5, 5.41) is 6.52. The summed E-state index contributed by atoms with van der Waals surface area (Å²) >= 11 is 0. The van der Waals surface area contributed by atoms with Crippen LogP contribution < -0.4 is 22.1 Å². The number of ketones is 2. The minimum Gasteiger partial charge on any atom is -0.398 e. The van der Waals surface area contributed by atoms with Gasteiger partial charge in [-0.1, -0.05) is 0 Å². The molecule has 0 amide bonds. The molecule has 0 saturated heterocycles. The van der Waals surface area contributed by atoms with Crippen molar-refractivity contribution in [2.45, 2.75) is 0 Å². The van der Waals surface area contributed by atoms with Gasteiger partial charge in [-0.05, 0) is 52.5 Å². The second kappa shape index (κ2) is 8.73. The first-order valence-electron chi connectivity index (χ1n) is 9.94. The third-order valence-electron chi connectivity index (χ3n) is 5.13. The summed E-state index contributed by atoms with van der Waals surface area (Å²) in [4.78, 5) is 31.1. The Labute approximate surface area is 177 Å². The van der Waals surface area contributed by atoms with Gasteiger partial charge in [0.05, 0.1) is 22.3 Å². The topological polar surface area (TPSA) is 117 Å². The number of likely N-dealkylation sites (N-methyl/N-ethyl adjacent to an activating group) is 2. The number of nitrogens with zero attached hydrogens (tertiary/aromatic N) is 2. The molecule has 2 aromatic carbocycles. The molecule has 0 fully saturated rings. The number of nitrogens with one attached hydrogen (secondary N) is 2. The maximum Gasteiger partial charge on any atom is 0.198 e. The number of hydrogen-bond donors (Lipinski definition) is 4. The van der Waals surface area contributed by atoms with Crippen LogP contribution in [0.15, 0.2) is 24.3 Å².